The monoisotopic (exact) mass is 266 g/mol. The number of piperidine rings is 1. The zero-order valence-electron chi connectivity index (χ0n) is 9.94. The van der Waals surface area contributed by atoms with Crippen molar-refractivity contribution in [3.8, 4) is 0 Å². The van der Waals surface area contributed by atoms with Gasteiger partial charge in [0.1, 0.15) is 6.04 Å². The van der Waals surface area contributed by atoms with E-state index in [0.717, 1.165) is 0 Å². The maximum absolute atomic E-state index is 12.1. The van der Waals surface area contributed by atoms with Crippen molar-refractivity contribution in [1.29, 1.82) is 0 Å². The summed E-state index contributed by atoms with van der Waals surface area (Å²) in [5.41, 5.74) is 0. The summed E-state index contributed by atoms with van der Waals surface area (Å²) in [6.07, 6.45) is -0.967. The molecule has 0 aromatic heterocycles. The molecule has 6 nitrogen and oxygen atoms in total. The summed E-state index contributed by atoms with van der Waals surface area (Å²) < 4.78 is 28.5. The Morgan fingerprint density at radius 2 is 2.17 bits per heavy atom. The average molecular weight is 266 g/mol. The summed E-state index contributed by atoms with van der Waals surface area (Å²) >= 11 is 0. The number of amides is 2. The second-order valence-corrected chi connectivity index (χ2v) is 4.12. The Morgan fingerprint density at radius 3 is 2.72 bits per heavy atom. The SMILES string of the molecule is C[C@@H](NC(=O)O)C(=O)N1CCCC(OC(F)F)C1. The standard InChI is InChI=1S/C10H16F2N2O4/c1-6(13-10(16)17)8(15)14-4-2-3-7(5-14)18-9(11)12/h6-7,9,13H,2-5H2,1H3,(H,16,17)/t6-,7?/m1/s1. The van der Waals surface area contributed by atoms with Crippen LogP contribution in [0.4, 0.5) is 13.6 Å². The van der Waals surface area contributed by atoms with E-state index in [1.807, 2.05) is 5.32 Å². The molecular formula is C10H16F2N2O4. The molecule has 0 spiro atoms. The molecule has 1 aliphatic heterocycles. The molecule has 1 aliphatic rings. The van der Waals surface area contributed by atoms with Gasteiger partial charge in [0.05, 0.1) is 6.10 Å². The van der Waals surface area contributed by atoms with Crippen LogP contribution in [0.15, 0.2) is 0 Å². The Morgan fingerprint density at radius 1 is 1.50 bits per heavy atom. The van der Waals surface area contributed by atoms with Gasteiger partial charge in [-0.05, 0) is 19.8 Å². The molecular weight excluding hydrogens is 250 g/mol. The third-order valence-corrected chi connectivity index (χ3v) is 2.70. The number of nitrogens with one attached hydrogen (secondary N) is 1. The molecule has 0 saturated carbocycles. The van der Waals surface area contributed by atoms with Gasteiger partial charge in [-0.25, -0.2) is 4.79 Å². The number of hydrogen-bond acceptors (Lipinski definition) is 3. The molecule has 0 aliphatic carbocycles. The summed E-state index contributed by atoms with van der Waals surface area (Å²) in [5, 5.41) is 10.5. The van der Waals surface area contributed by atoms with E-state index in [-0.39, 0.29) is 6.54 Å². The Balaban J connectivity index is 2.49. The van der Waals surface area contributed by atoms with Crippen LogP contribution in [0.1, 0.15) is 19.8 Å². The Hall–Kier alpha value is -1.44. The third-order valence-electron chi connectivity index (χ3n) is 2.70. The van der Waals surface area contributed by atoms with Crippen LogP contribution >= 0.6 is 0 Å². The van der Waals surface area contributed by atoms with Crippen molar-refractivity contribution >= 4 is 12.0 Å². The fraction of sp³-hybridized carbons (Fsp3) is 0.800. The number of rotatable bonds is 4. The minimum absolute atomic E-state index is 0.0643. The normalized spacial score (nSPS) is 21.8. The van der Waals surface area contributed by atoms with Crippen molar-refractivity contribution in [3.63, 3.8) is 0 Å². The molecule has 1 fully saturated rings. The van der Waals surface area contributed by atoms with Crippen LogP contribution in [-0.4, -0.2) is 53.9 Å². The summed E-state index contributed by atoms with van der Waals surface area (Å²) in [6, 6.07) is -0.896. The van der Waals surface area contributed by atoms with Crippen molar-refractivity contribution in [2.75, 3.05) is 13.1 Å². The van der Waals surface area contributed by atoms with Crippen LogP contribution in [0.2, 0.25) is 0 Å². The molecule has 0 bridgehead atoms. The summed E-state index contributed by atoms with van der Waals surface area (Å²) in [6.45, 7) is -0.962. The minimum atomic E-state index is -2.86. The fourth-order valence-electron chi connectivity index (χ4n) is 1.92. The van der Waals surface area contributed by atoms with Crippen LogP contribution in [0.5, 0.6) is 0 Å². The fourth-order valence-corrected chi connectivity index (χ4v) is 1.92. The first-order valence-electron chi connectivity index (χ1n) is 5.62. The highest BCUT2D eigenvalue weighted by Gasteiger charge is 2.29. The van der Waals surface area contributed by atoms with Crippen LogP contribution in [0.25, 0.3) is 0 Å². The van der Waals surface area contributed by atoms with Gasteiger partial charge in [-0.3, -0.25) is 4.79 Å². The lowest BCUT2D eigenvalue weighted by atomic mass is 10.1. The maximum atomic E-state index is 12.1. The lowest BCUT2D eigenvalue weighted by molar-refractivity contribution is -0.177. The Kier molecular flexibility index (Phi) is 5.26. The molecule has 1 unspecified atom stereocenters. The van der Waals surface area contributed by atoms with Crippen molar-refractivity contribution < 1.29 is 28.2 Å². The maximum Gasteiger partial charge on any atom is 0.405 e. The molecule has 1 heterocycles. The van der Waals surface area contributed by atoms with E-state index in [9.17, 15) is 18.4 Å². The van der Waals surface area contributed by atoms with E-state index < -0.39 is 30.8 Å². The molecule has 1 rings (SSSR count). The molecule has 0 aromatic carbocycles. The molecule has 104 valence electrons. The van der Waals surface area contributed by atoms with Gasteiger partial charge in [0.2, 0.25) is 5.91 Å². The van der Waals surface area contributed by atoms with Gasteiger partial charge in [-0.15, -0.1) is 0 Å². The number of carboxylic acid groups (broad SMARTS) is 1. The zero-order chi connectivity index (χ0) is 13.7. The first kappa shape index (κ1) is 14.6. The van der Waals surface area contributed by atoms with Gasteiger partial charge in [-0.1, -0.05) is 0 Å². The number of alkyl halides is 2. The van der Waals surface area contributed by atoms with Crippen LogP contribution in [0, 0.1) is 0 Å². The summed E-state index contributed by atoms with van der Waals surface area (Å²) in [4.78, 5) is 23.6. The van der Waals surface area contributed by atoms with E-state index >= 15 is 0 Å². The summed E-state index contributed by atoms with van der Waals surface area (Å²) in [7, 11) is 0. The number of hydrogen-bond donors (Lipinski definition) is 2. The van der Waals surface area contributed by atoms with Gasteiger partial charge in [0.25, 0.3) is 0 Å². The smallest absolute Gasteiger partial charge is 0.405 e. The lowest BCUT2D eigenvalue weighted by Crippen LogP contribution is -2.51. The number of nitrogens with zero attached hydrogens (tertiary/aromatic N) is 1. The first-order valence-corrected chi connectivity index (χ1v) is 5.62. The summed E-state index contributed by atoms with van der Waals surface area (Å²) in [5.74, 6) is -0.431. The number of halogens is 2. The molecule has 0 aromatic rings. The van der Waals surface area contributed by atoms with Crippen LogP contribution in [0.3, 0.4) is 0 Å². The largest absolute Gasteiger partial charge is 0.465 e. The molecule has 8 heteroatoms. The Labute approximate surface area is 103 Å². The topological polar surface area (TPSA) is 78.9 Å². The molecule has 0 radical (unpaired) electrons. The first-order chi connectivity index (χ1) is 8.40. The highest BCUT2D eigenvalue weighted by Crippen LogP contribution is 2.16. The number of carbonyl (C=O) groups excluding carboxylic acids is 1. The molecule has 1 saturated heterocycles. The highest BCUT2D eigenvalue weighted by atomic mass is 19.3. The van der Waals surface area contributed by atoms with Gasteiger partial charge in [0, 0.05) is 13.1 Å². The molecule has 2 atom stereocenters. The van der Waals surface area contributed by atoms with E-state index in [4.69, 9.17) is 5.11 Å². The van der Waals surface area contributed by atoms with Gasteiger partial charge < -0.3 is 20.1 Å². The number of carbonyl (C=O) groups is 2. The quantitative estimate of drug-likeness (QED) is 0.791. The van der Waals surface area contributed by atoms with Gasteiger partial charge >= 0.3 is 12.7 Å². The van der Waals surface area contributed by atoms with Gasteiger partial charge in [0.15, 0.2) is 0 Å². The van der Waals surface area contributed by atoms with Crippen molar-refractivity contribution in [2.45, 2.75) is 38.5 Å². The van der Waals surface area contributed by atoms with E-state index in [0.29, 0.717) is 19.4 Å². The van der Waals surface area contributed by atoms with Crippen molar-refractivity contribution in [2.24, 2.45) is 0 Å². The number of ether oxygens (including phenoxy) is 1. The second-order valence-electron chi connectivity index (χ2n) is 4.12. The van der Waals surface area contributed by atoms with Crippen molar-refractivity contribution in [3.05, 3.63) is 0 Å². The highest BCUT2D eigenvalue weighted by molar-refractivity contribution is 5.85. The predicted molar refractivity (Wildman–Crippen MR) is 57.3 cm³/mol. The lowest BCUT2D eigenvalue weighted by Gasteiger charge is -2.33. The minimum Gasteiger partial charge on any atom is -0.465 e. The average Bonchev–Trinajstić information content (AvgIpc) is 2.26. The van der Waals surface area contributed by atoms with E-state index in [1.54, 1.807) is 0 Å². The number of likely N-dealkylation sites (tertiary alicyclic amines) is 1. The van der Waals surface area contributed by atoms with Crippen LogP contribution < -0.4 is 5.32 Å². The molecule has 2 amide bonds. The van der Waals surface area contributed by atoms with E-state index in [1.165, 1.54) is 11.8 Å². The molecule has 2 N–H and O–H groups in total. The molecule has 18 heavy (non-hydrogen) atoms. The van der Waals surface area contributed by atoms with E-state index in [2.05, 4.69) is 4.74 Å². The second kappa shape index (κ2) is 6.48. The zero-order valence-corrected chi connectivity index (χ0v) is 9.94. The van der Waals surface area contributed by atoms with Crippen molar-refractivity contribution in [1.82, 2.24) is 10.2 Å². The van der Waals surface area contributed by atoms with Crippen LogP contribution in [-0.2, 0) is 9.53 Å². The van der Waals surface area contributed by atoms with Gasteiger partial charge in [-0.2, -0.15) is 8.78 Å². The predicted octanol–water partition coefficient (Wildman–Crippen LogP) is 0.873. The third kappa shape index (κ3) is 4.44. The Bertz CT molecular complexity index is 314.